The highest BCUT2D eigenvalue weighted by molar-refractivity contribution is 14.1. The number of hydrogen-bond donors (Lipinski definition) is 0. The molecule has 0 spiro atoms. The zero-order valence-corrected chi connectivity index (χ0v) is 14.7. The van der Waals surface area contributed by atoms with Gasteiger partial charge in [-0.1, -0.05) is 37.3 Å². The smallest absolute Gasteiger partial charge is 0.133 e. The van der Waals surface area contributed by atoms with Crippen LogP contribution in [0.15, 0.2) is 30.3 Å². The minimum Gasteiger partial charge on any atom is -0.207 e. The molecule has 0 aliphatic heterocycles. The van der Waals surface area contributed by atoms with Gasteiger partial charge in [0.1, 0.15) is 9.39 Å². The van der Waals surface area contributed by atoms with Crippen LogP contribution in [0.5, 0.6) is 0 Å². The Hall–Kier alpha value is -1.17. The highest BCUT2D eigenvalue weighted by Gasteiger charge is 2.17. The van der Waals surface area contributed by atoms with Crippen LogP contribution in [-0.2, 0) is 0 Å². The van der Waals surface area contributed by atoms with Crippen molar-refractivity contribution in [2.45, 2.75) is 45.4 Å². The third kappa shape index (κ3) is 3.05. The van der Waals surface area contributed by atoms with E-state index in [9.17, 15) is 0 Å². The molecule has 0 unspecified atom stereocenters. The summed E-state index contributed by atoms with van der Waals surface area (Å²) in [6.45, 7) is 4.42. The number of rotatable bonds is 3. The van der Waals surface area contributed by atoms with Crippen molar-refractivity contribution in [2.75, 3.05) is 0 Å². The van der Waals surface area contributed by atoms with Crippen molar-refractivity contribution in [2.24, 2.45) is 0 Å². The lowest BCUT2D eigenvalue weighted by Gasteiger charge is -2.11. The number of benzene rings is 1. The zero-order chi connectivity index (χ0) is 14.8. The summed E-state index contributed by atoms with van der Waals surface area (Å²) in [6, 6.07) is 8.62. The number of aromatic nitrogens is 3. The largest absolute Gasteiger partial charge is 0.207 e. The summed E-state index contributed by atoms with van der Waals surface area (Å²) < 4.78 is 3.05. The first kappa shape index (κ1) is 14.8. The molecular weight excluding hydrogens is 373 g/mol. The molecule has 3 rings (SSSR count). The summed E-state index contributed by atoms with van der Waals surface area (Å²) in [7, 11) is 0. The molecule has 0 bridgehead atoms. The lowest BCUT2D eigenvalue weighted by molar-refractivity contribution is 0.738. The van der Waals surface area contributed by atoms with E-state index in [-0.39, 0.29) is 0 Å². The fraction of sp³-hybridized carbons (Fsp3) is 0.412. The molecule has 3 nitrogen and oxygen atoms in total. The zero-order valence-electron chi connectivity index (χ0n) is 12.5. The molecule has 0 radical (unpaired) electrons. The fourth-order valence-corrected chi connectivity index (χ4v) is 3.51. The van der Waals surface area contributed by atoms with Gasteiger partial charge in [-0.25, -0.2) is 4.68 Å². The van der Waals surface area contributed by atoms with Crippen molar-refractivity contribution >= 4 is 28.2 Å². The number of hydrogen-bond acceptors (Lipinski definition) is 2. The van der Waals surface area contributed by atoms with Crippen molar-refractivity contribution in [3.8, 4) is 5.69 Å². The first-order chi connectivity index (χ1) is 10.2. The van der Waals surface area contributed by atoms with Crippen LogP contribution in [0.3, 0.4) is 0 Å². The average Bonchev–Trinajstić information content (AvgIpc) is 2.90. The van der Waals surface area contributed by atoms with Gasteiger partial charge in [0.25, 0.3) is 0 Å². The molecule has 0 saturated heterocycles. The van der Waals surface area contributed by atoms with Gasteiger partial charge in [-0.3, -0.25) is 0 Å². The molecule has 0 N–H and O–H groups in total. The number of nitrogens with zero attached hydrogens (tertiary/aromatic N) is 3. The second-order valence-electron chi connectivity index (χ2n) is 5.86. The summed E-state index contributed by atoms with van der Waals surface area (Å²) in [4.78, 5) is 0. The Morgan fingerprint density at radius 1 is 1.14 bits per heavy atom. The van der Waals surface area contributed by atoms with E-state index in [0.29, 0.717) is 5.92 Å². The summed E-state index contributed by atoms with van der Waals surface area (Å²) in [5.74, 6) is 0.553. The van der Waals surface area contributed by atoms with E-state index in [1.807, 2.05) is 4.68 Å². The highest BCUT2D eigenvalue weighted by Crippen LogP contribution is 2.29. The summed E-state index contributed by atoms with van der Waals surface area (Å²) in [6.07, 6.45) is 7.17. The third-order valence-corrected chi connectivity index (χ3v) is 4.98. The van der Waals surface area contributed by atoms with Crippen molar-refractivity contribution in [1.82, 2.24) is 15.0 Å². The van der Waals surface area contributed by atoms with Crippen LogP contribution < -0.4 is 0 Å². The van der Waals surface area contributed by atoms with E-state index in [1.165, 1.54) is 30.4 Å². The van der Waals surface area contributed by atoms with E-state index in [1.54, 1.807) is 0 Å². The molecule has 1 aromatic heterocycles. The van der Waals surface area contributed by atoms with Gasteiger partial charge in [-0.15, -0.1) is 5.10 Å². The quantitative estimate of drug-likeness (QED) is 0.691. The molecule has 21 heavy (non-hydrogen) atoms. The molecule has 2 aromatic rings. The SMILES string of the molecule is CC(C)c1ccc(-n2nnc(C3=CCCCC3)c2I)cc1. The van der Waals surface area contributed by atoms with E-state index in [2.05, 4.69) is 77.1 Å². The van der Waals surface area contributed by atoms with Gasteiger partial charge in [-0.05, 0) is 77.5 Å². The molecule has 1 aliphatic rings. The first-order valence-electron chi connectivity index (χ1n) is 7.58. The molecule has 1 aliphatic carbocycles. The molecule has 1 aromatic carbocycles. The van der Waals surface area contributed by atoms with Crippen molar-refractivity contribution in [3.63, 3.8) is 0 Å². The van der Waals surface area contributed by atoms with Crippen LogP contribution in [0.4, 0.5) is 0 Å². The van der Waals surface area contributed by atoms with E-state index in [0.717, 1.165) is 21.5 Å². The van der Waals surface area contributed by atoms with Crippen LogP contribution in [0.1, 0.15) is 56.7 Å². The van der Waals surface area contributed by atoms with Gasteiger partial charge in [0.05, 0.1) is 5.69 Å². The molecule has 1 heterocycles. The Morgan fingerprint density at radius 3 is 2.52 bits per heavy atom. The second kappa shape index (κ2) is 6.30. The van der Waals surface area contributed by atoms with Crippen LogP contribution in [0.25, 0.3) is 11.3 Å². The minimum atomic E-state index is 0.553. The maximum atomic E-state index is 4.41. The Bertz CT molecular complexity index is 653. The van der Waals surface area contributed by atoms with Gasteiger partial charge in [0.15, 0.2) is 0 Å². The first-order valence-corrected chi connectivity index (χ1v) is 8.65. The van der Waals surface area contributed by atoms with Crippen LogP contribution in [-0.4, -0.2) is 15.0 Å². The van der Waals surface area contributed by atoms with Crippen LogP contribution in [0.2, 0.25) is 0 Å². The standard InChI is InChI=1S/C17H20IN3/c1-12(2)13-8-10-15(11-9-13)21-17(18)16(19-20-21)14-6-4-3-5-7-14/h6,8-12H,3-5,7H2,1-2H3. The molecule has 0 fully saturated rings. The van der Waals surface area contributed by atoms with Crippen molar-refractivity contribution in [3.05, 3.63) is 45.3 Å². The lowest BCUT2D eigenvalue weighted by atomic mass is 9.98. The molecule has 4 heteroatoms. The van der Waals surface area contributed by atoms with Crippen molar-refractivity contribution in [1.29, 1.82) is 0 Å². The molecule has 0 amide bonds. The normalized spacial score (nSPS) is 15.3. The van der Waals surface area contributed by atoms with Crippen molar-refractivity contribution < 1.29 is 0 Å². The second-order valence-corrected chi connectivity index (χ2v) is 6.88. The fourth-order valence-electron chi connectivity index (χ4n) is 2.69. The van der Waals surface area contributed by atoms with Gasteiger partial charge in [-0.2, -0.15) is 0 Å². The van der Waals surface area contributed by atoms with Gasteiger partial charge in [0, 0.05) is 0 Å². The van der Waals surface area contributed by atoms with Gasteiger partial charge < -0.3 is 0 Å². The summed E-state index contributed by atoms with van der Waals surface area (Å²) >= 11 is 2.36. The maximum Gasteiger partial charge on any atom is 0.133 e. The maximum absolute atomic E-state index is 4.41. The number of allylic oxidation sites excluding steroid dienone is 2. The predicted octanol–water partition coefficient (Wildman–Crippen LogP) is 4.95. The Balaban J connectivity index is 1.93. The van der Waals surface area contributed by atoms with Gasteiger partial charge >= 0.3 is 0 Å². The van der Waals surface area contributed by atoms with E-state index in [4.69, 9.17) is 0 Å². The average molecular weight is 393 g/mol. The molecule has 0 atom stereocenters. The Morgan fingerprint density at radius 2 is 1.90 bits per heavy atom. The summed E-state index contributed by atoms with van der Waals surface area (Å²) in [5, 5.41) is 8.76. The molecular formula is C17H20IN3. The Kier molecular flexibility index (Phi) is 4.42. The highest BCUT2D eigenvalue weighted by atomic mass is 127. The lowest BCUT2D eigenvalue weighted by Crippen LogP contribution is -2.00. The Labute approximate surface area is 139 Å². The molecule has 0 saturated carbocycles. The monoisotopic (exact) mass is 393 g/mol. The van der Waals surface area contributed by atoms with Gasteiger partial charge in [0.2, 0.25) is 0 Å². The minimum absolute atomic E-state index is 0.553. The molecule has 110 valence electrons. The third-order valence-electron chi connectivity index (χ3n) is 4.01. The predicted molar refractivity (Wildman–Crippen MR) is 94.6 cm³/mol. The topological polar surface area (TPSA) is 30.7 Å². The van der Waals surface area contributed by atoms with E-state index < -0.39 is 0 Å². The van der Waals surface area contributed by atoms with Crippen LogP contribution in [0, 0.1) is 3.70 Å². The summed E-state index contributed by atoms with van der Waals surface area (Å²) in [5.41, 5.74) is 4.85. The number of halogens is 1. The van der Waals surface area contributed by atoms with Crippen LogP contribution >= 0.6 is 22.6 Å². The van der Waals surface area contributed by atoms with E-state index >= 15 is 0 Å².